The van der Waals surface area contributed by atoms with Gasteiger partial charge in [0.1, 0.15) is 11.6 Å². The summed E-state index contributed by atoms with van der Waals surface area (Å²) >= 11 is 0. The van der Waals surface area contributed by atoms with E-state index in [1.165, 1.54) is 6.42 Å². The normalized spacial score (nSPS) is 55.2. The maximum atomic E-state index is 12.3. The first kappa shape index (κ1) is 17.7. The average molecular weight is 347 g/mol. The maximum Gasteiger partial charge on any atom is 0.133 e. The Morgan fingerprint density at radius 2 is 1.80 bits per heavy atom. The van der Waals surface area contributed by atoms with Crippen LogP contribution in [0.15, 0.2) is 0 Å². The first-order chi connectivity index (χ1) is 11.6. The fourth-order valence-corrected chi connectivity index (χ4v) is 8.00. The van der Waals surface area contributed by atoms with Crippen LogP contribution in [0.2, 0.25) is 0 Å². The number of carbonyl (C=O) groups excluding carboxylic acids is 2. The van der Waals surface area contributed by atoms with E-state index in [2.05, 4.69) is 13.8 Å². The van der Waals surface area contributed by atoms with Gasteiger partial charge in [-0.25, -0.2) is 0 Å². The van der Waals surface area contributed by atoms with Crippen LogP contribution in [0, 0.1) is 40.4 Å². The lowest BCUT2D eigenvalue weighted by molar-refractivity contribution is -0.209. The summed E-state index contributed by atoms with van der Waals surface area (Å²) in [4.78, 5) is 24.3. The van der Waals surface area contributed by atoms with E-state index in [0.29, 0.717) is 29.5 Å². The fraction of sp³-hybridized carbons (Fsp3) is 0.909. The molecule has 8 atom stereocenters. The molecule has 4 fully saturated rings. The number of Topliss-reactive ketones (excluding diaryl/α,β-unsaturated/α-hetero) is 2. The molecule has 4 rings (SSSR count). The van der Waals surface area contributed by atoms with E-state index in [1.54, 1.807) is 6.92 Å². The molecule has 25 heavy (non-hydrogen) atoms. The molecule has 0 amide bonds. The molecule has 2 unspecified atom stereocenters. The van der Waals surface area contributed by atoms with Crippen molar-refractivity contribution in [1.82, 2.24) is 0 Å². The third-order valence-corrected chi connectivity index (χ3v) is 9.61. The Hall–Kier alpha value is -0.700. The number of hydrogen-bond donors (Lipinski definition) is 1. The highest BCUT2D eigenvalue weighted by molar-refractivity contribution is 5.80. The molecule has 0 radical (unpaired) electrons. The van der Waals surface area contributed by atoms with Gasteiger partial charge in [-0.3, -0.25) is 9.59 Å². The standard InChI is InChI=1S/C22H34O3/c1-13(23)17-7-8-18-16-6-5-14-11-15(24)9-10-20(14,2)19(16)12-21(3,25)22(17,18)4/h14,16-19,25H,5-12H2,1-4H3/t14?,16-,17+,18-,19-,20-,21?,22+/m0/s1. The second-order valence-electron chi connectivity index (χ2n) is 10.4. The minimum Gasteiger partial charge on any atom is -0.390 e. The van der Waals surface area contributed by atoms with Crippen molar-refractivity contribution in [3.63, 3.8) is 0 Å². The SMILES string of the molecule is CC(=O)[C@H]1CC[C@H]2[C@@H]3CCC4CC(=O)CC[C@]4(C)[C@H]3CC(C)(O)[C@]12C. The van der Waals surface area contributed by atoms with Crippen molar-refractivity contribution in [3.05, 3.63) is 0 Å². The van der Waals surface area contributed by atoms with Crippen molar-refractivity contribution in [2.24, 2.45) is 40.4 Å². The topological polar surface area (TPSA) is 54.4 Å². The van der Waals surface area contributed by atoms with E-state index in [9.17, 15) is 14.7 Å². The zero-order chi connectivity index (χ0) is 18.2. The molecule has 0 aromatic carbocycles. The van der Waals surface area contributed by atoms with Crippen LogP contribution in [0.5, 0.6) is 0 Å². The van der Waals surface area contributed by atoms with Gasteiger partial charge in [0.25, 0.3) is 0 Å². The van der Waals surface area contributed by atoms with Crippen LogP contribution in [0.3, 0.4) is 0 Å². The first-order valence-electron chi connectivity index (χ1n) is 10.4. The molecule has 0 aromatic heterocycles. The molecule has 0 saturated heterocycles. The Balaban J connectivity index is 1.73. The van der Waals surface area contributed by atoms with E-state index in [-0.39, 0.29) is 22.5 Å². The summed E-state index contributed by atoms with van der Waals surface area (Å²) in [6.45, 7) is 8.31. The van der Waals surface area contributed by atoms with Crippen molar-refractivity contribution in [2.75, 3.05) is 0 Å². The van der Waals surface area contributed by atoms with E-state index in [1.807, 2.05) is 6.92 Å². The summed E-state index contributed by atoms with van der Waals surface area (Å²) in [5.41, 5.74) is -0.887. The van der Waals surface area contributed by atoms with Crippen LogP contribution in [0.1, 0.15) is 79.1 Å². The monoisotopic (exact) mass is 346 g/mol. The highest BCUT2D eigenvalue weighted by Crippen LogP contribution is 2.69. The van der Waals surface area contributed by atoms with Crippen LogP contribution >= 0.6 is 0 Å². The molecule has 0 bridgehead atoms. The van der Waals surface area contributed by atoms with Gasteiger partial charge in [0.05, 0.1) is 5.60 Å². The Labute approximate surface area is 151 Å². The van der Waals surface area contributed by atoms with Crippen LogP contribution in [0.25, 0.3) is 0 Å². The molecule has 3 nitrogen and oxygen atoms in total. The van der Waals surface area contributed by atoms with Gasteiger partial charge < -0.3 is 5.11 Å². The van der Waals surface area contributed by atoms with Crippen molar-refractivity contribution in [3.8, 4) is 0 Å². The molecular weight excluding hydrogens is 312 g/mol. The highest BCUT2D eigenvalue weighted by atomic mass is 16.3. The zero-order valence-electron chi connectivity index (χ0n) is 16.3. The Morgan fingerprint density at radius 1 is 1.08 bits per heavy atom. The highest BCUT2D eigenvalue weighted by Gasteiger charge is 2.67. The molecular formula is C22H34O3. The average Bonchev–Trinajstić information content (AvgIpc) is 2.89. The van der Waals surface area contributed by atoms with Gasteiger partial charge in [-0.15, -0.1) is 0 Å². The van der Waals surface area contributed by atoms with Crippen molar-refractivity contribution in [1.29, 1.82) is 0 Å². The van der Waals surface area contributed by atoms with Gasteiger partial charge >= 0.3 is 0 Å². The quantitative estimate of drug-likeness (QED) is 0.775. The molecule has 4 aliphatic rings. The van der Waals surface area contributed by atoms with Gasteiger partial charge in [0.2, 0.25) is 0 Å². The third-order valence-electron chi connectivity index (χ3n) is 9.61. The number of rotatable bonds is 1. The summed E-state index contributed by atoms with van der Waals surface area (Å²) in [6.07, 6.45) is 7.62. The molecule has 4 aliphatic carbocycles. The van der Waals surface area contributed by atoms with E-state index in [0.717, 1.165) is 44.9 Å². The number of carbonyl (C=O) groups is 2. The lowest BCUT2D eigenvalue weighted by Crippen LogP contribution is -2.63. The first-order valence-corrected chi connectivity index (χ1v) is 10.4. The lowest BCUT2D eigenvalue weighted by atomic mass is 9.41. The molecule has 4 saturated carbocycles. The molecule has 3 heteroatoms. The Morgan fingerprint density at radius 3 is 2.48 bits per heavy atom. The van der Waals surface area contributed by atoms with Crippen molar-refractivity contribution < 1.29 is 14.7 Å². The van der Waals surface area contributed by atoms with Gasteiger partial charge in [0.15, 0.2) is 0 Å². The molecule has 0 heterocycles. The minimum atomic E-state index is -0.794. The van der Waals surface area contributed by atoms with E-state index >= 15 is 0 Å². The number of hydrogen-bond acceptors (Lipinski definition) is 3. The van der Waals surface area contributed by atoms with Crippen molar-refractivity contribution >= 4 is 11.6 Å². The van der Waals surface area contributed by atoms with Gasteiger partial charge in [-0.05, 0) is 81.5 Å². The zero-order valence-corrected chi connectivity index (χ0v) is 16.3. The largest absolute Gasteiger partial charge is 0.390 e. The van der Waals surface area contributed by atoms with Crippen LogP contribution in [-0.4, -0.2) is 22.3 Å². The fourth-order valence-electron chi connectivity index (χ4n) is 8.00. The number of aliphatic hydroxyl groups is 1. The predicted molar refractivity (Wildman–Crippen MR) is 96.9 cm³/mol. The maximum absolute atomic E-state index is 12.3. The summed E-state index contributed by atoms with van der Waals surface area (Å²) < 4.78 is 0. The second kappa shape index (κ2) is 5.41. The third kappa shape index (κ3) is 2.20. The second-order valence-corrected chi connectivity index (χ2v) is 10.4. The predicted octanol–water partition coefficient (Wildman–Crippen LogP) is 4.16. The smallest absolute Gasteiger partial charge is 0.133 e. The molecule has 0 aliphatic heterocycles. The van der Waals surface area contributed by atoms with Crippen LogP contribution in [0.4, 0.5) is 0 Å². The van der Waals surface area contributed by atoms with E-state index in [4.69, 9.17) is 0 Å². The molecule has 0 spiro atoms. The minimum absolute atomic E-state index is 0.00640. The summed E-state index contributed by atoms with van der Waals surface area (Å²) in [7, 11) is 0. The van der Waals surface area contributed by atoms with E-state index < -0.39 is 5.60 Å². The number of fused-ring (bicyclic) bond motifs is 5. The Kier molecular flexibility index (Phi) is 3.83. The van der Waals surface area contributed by atoms with Crippen molar-refractivity contribution in [2.45, 2.75) is 84.7 Å². The number of ketones is 2. The van der Waals surface area contributed by atoms with Gasteiger partial charge in [-0.2, -0.15) is 0 Å². The van der Waals surface area contributed by atoms with Crippen LogP contribution < -0.4 is 0 Å². The molecule has 1 N–H and O–H groups in total. The lowest BCUT2D eigenvalue weighted by Gasteiger charge is -2.64. The Bertz CT molecular complexity index is 608. The molecule has 140 valence electrons. The summed E-state index contributed by atoms with van der Waals surface area (Å²) in [5, 5.41) is 11.6. The summed E-state index contributed by atoms with van der Waals surface area (Å²) in [6, 6.07) is 0. The van der Waals surface area contributed by atoms with Gasteiger partial charge in [-0.1, -0.05) is 13.8 Å². The molecule has 0 aromatic rings. The van der Waals surface area contributed by atoms with Crippen LogP contribution in [-0.2, 0) is 9.59 Å². The van der Waals surface area contributed by atoms with Gasteiger partial charge in [0, 0.05) is 24.2 Å². The summed E-state index contributed by atoms with van der Waals surface area (Å²) in [5.74, 6) is 2.76.